The molecule has 0 aromatic carbocycles. The number of rotatable bonds is 3. The molecule has 0 aliphatic carbocycles. The van der Waals surface area contributed by atoms with E-state index in [9.17, 15) is 0 Å². The number of hydrogen-bond acceptors (Lipinski definition) is 5. The van der Waals surface area contributed by atoms with E-state index in [-0.39, 0.29) is 0 Å². The molecule has 1 unspecified atom stereocenters. The smallest absolute Gasteiger partial charge is 0.288 e. The molecule has 0 saturated carbocycles. The molecule has 0 bridgehead atoms. The average molecular weight is 290 g/mol. The molecule has 1 fully saturated rings. The van der Waals surface area contributed by atoms with Gasteiger partial charge in [-0.05, 0) is 44.1 Å². The average Bonchev–Trinajstić information content (AvgIpc) is 2.84. The van der Waals surface area contributed by atoms with Crippen LogP contribution in [0.5, 0.6) is 0 Å². The van der Waals surface area contributed by atoms with Crippen molar-refractivity contribution in [2.24, 2.45) is 0 Å². The first-order valence-electron chi connectivity index (χ1n) is 6.96. The van der Waals surface area contributed by atoms with E-state index in [4.69, 9.17) is 16.6 Å². The quantitative estimate of drug-likeness (QED) is 0.813. The summed E-state index contributed by atoms with van der Waals surface area (Å²) in [4.78, 5) is 6.82. The van der Waals surface area contributed by atoms with Gasteiger partial charge in [-0.15, -0.1) is 5.10 Å². The Kier molecular flexibility index (Phi) is 3.93. The molecular formula is C14H18N4OS. The summed E-state index contributed by atoms with van der Waals surface area (Å²) in [6.45, 7) is 4.06. The van der Waals surface area contributed by atoms with Gasteiger partial charge in [-0.2, -0.15) is 0 Å². The van der Waals surface area contributed by atoms with Gasteiger partial charge in [0, 0.05) is 30.5 Å². The molecule has 1 atom stereocenters. The van der Waals surface area contributed by atoms with Crippen LogP contribution >= 0.6 is 12.2 Å². The molecule has 106 valence electrons. The number of pyridine rings is 1. The van der Waals surface area contributed by atoms with Gasteiger partial charge in [0.05, 0.1) is 6.67 Å². The molecule has 3 heterocycles. The molecule has 2 aromatic rings. The standard InChI is InChI=1S/C14H18N4OS/c1-11-4-2-3-9-17(11)10-18-14(20)19-13(16-18)12-5-7-15-8-6-12/h5-8,11H,2-4,9-10H2,1H3. The number of nitrogens with zero attached hydrogens (tertiary/aromatic N) is 4. The number of aromatic nitrogens is 3. The van der Waals surface area contributed by atoms with E-state index in [0.717, 1.165) is 12.1 Å². The van der Waals surface area contributed by atoms with Crippen molar-refractivity contribution in [3.05, 3.63) is 29.4 Å². The summed E-state index contributed by atoms with van der Waals surface area (Å²) in [6, 6.07) is 4.31. The molecule has 6 heteroatoms. The highest BCUT2D eigenvalue weighted by Crippen LogP contribution is 2.19. The second-order valence-electron chi connectivity index (χ2n) is 5.21. The van der Waals surface area contributed by atoms with Crippen LogP contribution in [-0.2, 0) is 6.67 Å². The van der Waals surface area contributed by atoms with E-state index in [0.29, 0.717) is 23.4 Å². The maximum Gasteiger partial charge on any atom is 0.288 e. The van der Waals surface area contributed by atoms with Gasteiger partial charge in [0.15, 0.2) is 0 Å². The Hall–Kier alpha value is -1.53. The Morgan fingerprint density at radius 1 is 1.35 bits per heavy atom. The number of piperidine rings is 1. The summed E-state index contributed by atoms with van der Waals surface area (Å²) in [6.07, 6.45) is 7.23. The van der Waals surface area contributed by atoms with Crippen molar-refractivity contribution < 1.29 is 4.42 Å². The van der Waals surface area contributed by atoms with E-state index in [2.05, 4.69) is 21.9 Å². The van der Waals surface area contributed by atoms with Crippen LogP contribution < -0.4 is 0 Å². The molecule has 0 amide bonds. The monoisotopic (exact) mass is 290 g/mol. The van der Waals surface area contributed by atoms with Crippen LogP contribution in [0.1, 0.15) is 26.2 Å². The van der Waals surface area contributed by atoms with Crippen molar-refractivity contribution in [3.63, 3.8) is 0 Å². The Labute approximate surface area is 123 Å². The third-order valence-corrected chi connectivity index (χ3v) is 4.08. The first-order chi connectivity index (χ1) is 9.74. The largest absolute Gasteiger partial charge is 0.409 e. The zero-order chi connectivity index (χ0) is 13.9. The van der Waals surface area contributed by atoms with E-state index in [1.807, 2.05) is 12.1 Å². The van der Waals surface area contributed by atoms with Crippen LogP contribution in [0.25, 0.3) is 11.5 Å². The third-order valence-electron chi connectivity index (χ3n) is 3.79. The number of hydrogen-bond donors (Lipinski definition) is 0. The second-order valence-corrected chi connectivity index (χ2v) is 5.56. The zero-order valence-electron chi connectivity index (χ0n) is 11.5. The molecule has 20 heavy (non-hydrogen) atoms. The third kappa shape index (κ3) is 2.81. The lowest BCUT2D eigenvalue weighted by Crippen LogP contribution is -2.38. The summed E-state index contributed by atoms with van der Waals surface area (Å²) >= 11 is 5.27. The highest BCUT2D eigenvalue weighted by molar-refractivity contribution is 7.71. The van der Waals surface area contributed by atoms with Crippen molar-refractivity contribution in [2.45, 2.75) is 38.9 Å². The van der Waals surface area contributed by atoms with Gasteiger partial charge in [-0.3, -0.25) is 9.88 Å². The van der Waals surface area contributed by atoms with Crippen molar-refractivity contribution >= 4 is 12.2 Å². The van der Waals surface area contributed by atoms with Crippen LogP contribution in [0.3, 0.4) is 0 Å². The van der Waals surface area contributed by atoms with Crippen molar-refractivity contribution in [2.75, 3.05) is 6.54 Å². The van der Waals surface area contributed by atoms with Crippen LogP contribution in [0.15, 0.2) is 28.9 Å². The fraction of sp³-hybridized carbons (Fsp3) is 0.500. The molecule has 2 aromatic heterocycles. The molecule has 0 spiro atoms. The maximum absolute atomic E-state index is 5.59. The van der Waals surface area contributed by atoms with Gasteiger partial charge >= 0.3 is 0 Å². The van der Waals surface area contributed by atoms with Gasteiger partial charge in [0.2, 0.25) is 5.89 Å². The van der Waals surface area contributed by atoms with Crippen LogP contribution in [0.2, 0.25) is 0 Å². The number of likely N-dealkylation sites (tertiary alicyclic amines) is 1. The minimum Gasteiger partial charge on any atom is -0.409 e. The molecule has 5 nitrogen and oxygen atoms in total. The predicted molar refractivity (Wildman–Crippen MR) is 78.6 cm³/mol. The first-order valence-corrected chi connectivity index (χ1v) is 7.37. The van der Waals surface area contributed by atoms with Crippen LogP contribution in [0.4, 0.5) is 0 Å². The van der Waals surface area contributed by atoms with E-state index in [1.165, 1.54) is 19.3 Å². The lowest BCUT2D eigenvalue weighted by Gasteiger charge is -2.32. The fourth-order valence-electron chi connectivity index (χ4n) is 2.55. The van der Waals surface area contributed by atoms with Crippen LogP contribution in [-0.4, -0.2) is 32.3 Å². The minimum absolute atomic E-state index is 0.426. The minimum atomic E-state index is 0.426. The Bertz CT molecular complexity index is 622. The predicted octanol–water partition coefficient (Wildman–Crippen LogP) is 3.10. The second kappa shape index (κ2) is 5.85. The van der Waals surface area contributed by atoms with Gasteiger partial charge in [-0.25, -0.2) is 4.68 Å². The van der Waals surface area contributed by atoms with E-state index >= 15 is 0 Å². The lowest BCUT2D eigenvalue weighted by molar-refractivity contribution is 0.113. The van der Waals surface area contributed by atoms with Crippen LogP contribution in [0, 0.1) is 4.84 Å². The molecule has 1 aliphatic rings. The molecule has 0 N–H and O–H groups in total. The fourth-order valence-corrected chi connectivity index (χ4v) is 2.72. The summed E-state index contributed by atoms with van der Waals surface area (Å²) < 4.78 is 7.36. The Morgan fingerprint density at radius 2 is 2.15 bits per heavy atom. The first kappa shape index (κ1) is 13.5. The lowest BCUT2D eigenvalue weighted by atomic mass is 10.0. The normalized spacial score (nSPS) is 20.1. The Balaban J connectivity index is 1.81. The molecule has 0 radical (unpaired) electrons. The zero-order valence-corrected chi connectivity index (χ0v) is 12.3. The van der Waals surface area contributed by atoms with Gasteiger partial charge in [0.25, 0.3) is 4.84 Å². The summed E-state index contributed by atoms with van der Waals surface area (Å²) in [7, 11) is 0. The highest BCUT2D eigenvalue weighted by atomic mass is 32.1. The molecule has 1 aliphatic heterocycles. The van der Waals surface area contributed by atoms with E-state index in [1.54, 1.807) is 17.1 Å². The van der Waals surface area contributed by atoms with Gasteiger partial charge < -0.3 is 4.42 Å². The molecule has 3 rings (SSSR count). The topological polar surface area (TPSA) is 47.1 Å². The Morgan fingerprint density at radius 3 is 2.90 bits per heavy atom. The summed E-state index contributed by atoms with van der Waals surface area (Å²) in [5.74, 6) is 0.557. The van der Waals surface area contributed by atoms with Crippen molar-refractivity contribution in [1.29, 1.82) is 0 Å². The van der Waals surface area contributed by atoms with Gasteiger partial charge in [-0.1, -0.05) is 6.42 Å². The van der Waals surface area contributed by atoms with Crippen molar-refractivity contribution in [3.8, 4) is 11.5 Å². The summed E-state index contributed by atoms with van der Waals surface area (Å²) in [5, 5.41) is 4.48. The summed E-state index contributed by atoms with van der Waals surface area (Å²) in [5.41, 5.74) is 0.900. The SMILES string of the molecule is CC1CCCCN1Cn1nc(-c2ccncc2)oc1=S. The highest BCUT2D eigenvalue weighted by Gasteiger charge is 2.19. The maximum atomic E-state index is 5.59. The van der Waals surface area contributed by atoms with E-state index < -0.39 is 0 Å². The molecular weight excluding hydrogens is 272 g/mol. The van der Waals surface area contributed by atoms with Gasteiger partial charge in [0.1, 0.15) is 0 Å². The molecule has 1 saturated heterocycles. The van der Waals surface area contributed by atoms with Crippen molar-refractivity contribution in [1.82, 2.24) is 19.7 Å².